The van der Waals surface area contributed by atoms with Gasteiger partial charge in [-0.1, -0.05) is 72.3 Å². The molecule has 0 heterocycles. The van der Waals surface area contributed by atoms with E-state index >= 15 is 0 Å². The van der Waals surface area contributed by atoms with Crippen LogP contribution in [0, 0.1) is 0 Å². The fraction of sp³-hybridized carbons (Fsp3) is 0.111. The zero-order valence-corrected chi connectivity index (χ0v) is 12.8. The molecular weight excluding hydrogens is 280 g/mol. The minimum absolute atomic E-state index is 0.0158. The lowest BCUT2D eigenvalue weighted by Crippen LogP contribution is -2.04. The monoisotopic (exact) mass is 298 g/mol. The maximum Gasteiger partial charge on any atom is 0.181 e. The van der Waals surface area contributed by atoms with E-state index in [1.165, 1.54) is 0 Å². The van der Waals surface area contributed by atoms with Crippen LogP contribution in [0.5, 0.6) is 0 Å². The van der Waals surface area contributed by atoms with Crippen LogP contribution in [0.4, 0.5) is 0 Å². The van der Waals surface area contributed by atoms with Crippen molar-refractivity contribution in [3.63, 3.8) is 0 Å². The van der Waals surface area contributed by atoms with Crippen molar-refractivity contribution in [2.24, 2.45) is 0 Å². The molecule has 0 spiro atoms. The molecule has 3 heteroatoms. The second-order valence-corrected chi connectivity index (χ2v) is 6.82. The van der Waals surface area contributed by atoms with Gasteiger partial charge in [-0.25, -0.2) is 8.42 Å². The van der Waals surface area contributed by atoms with Crippen molar-refractivity contribution in [3.8, 4) is 0 Å². The van der Waals surface area contributed by atoms with Gasteiger partial charge in [0.2, 0.25) is 0 Å². The first kappa shape index (κ1) is 15.3. The fourth-order valence-corrected chi connectivity index (χ4v) is 3.07. The van der Waals surface area contributed by atoms with Crippen molar-refractivity contribution in [3.05, 3.63) is 84.0 Å². The Hall–Kier alpha value is -2.13. The molecule has 0 radical (unpaired) electrons. The van der Waals surface area contributed by atoms with Crippen LogP contribution < -0.4 is 0 Å². The van der Waals surface area contributed by atoms with Gasteiger partial charge >= 0.3 is 0 Å². The average molecular weight is 298 g/mol. The molecule has 0 fully saturated rings. The smallest absolute Gasteiger partial charge is 0.181 e. The van der Waals surface area contributed by atoms with Gasteiger partial charge in [-0.2, -0.15) is 0 Å². The topological polar surface area (TPSA) is 34.1 Å². The van der Waals surface area contributed by atoms with E-state index in [9.17, 15) is 8.42 Å². The van der Waals surface area contributed by atoms with Crippen LogP contribution in [0.25, 0.3) is 6.08 Å². The first-order valence-corrected chi connectivity index (χ1v) is 8.41. The normalized spacial score (nSPS) is 12.7. The molecule has 0 aliphatic rings. The van der Waals surface area contributed by atoms with E-state index in [-0.39, 0.29) is 5.75 Å². The van der Waals surface area contributed by atoms with Crippen LogP contribution in [0.2, 0.25) is 0 Å². The zero-order valence-electron chi connectivity index (χ0n) is 11.9. The number of benzene rings is 2. The van der Waals surface area contributed by atoms with Crippen LogP contribution in [0.3, 0.4) is 0 Å². The van der Waals surface area contributed by atoms with Crippen LogP contribution in [0.1, 0.15) is 12.5 Å². The third-order valence-corrected chi connectivity index (χ3v) is 4.66. The average Bonchev–Trinajstić information content (AvgIpc) is 2.53. The maximum absolute atomic E-state index is 12.1. The van der Waals surface area contributed by atoms with E-state index in [0.717, 1.165) is 11.1 Å². The van der Waals surface area contributed by atoms with Gasteiger partial charge in [0.15, 0.2) is 9.84 Å². The molecule has 2 nitrogen and oxygen atoms in total. The van der Waals surface area contributed by atoms with Gasteiger partial charge in [0.25, 0.3) is 0 Å². The summed E-state index contributed by atoms with van der Waals surface area (Å²) < 4.78 is 24.3. The fourth-order valence-electron chi connectivity index (χ4n) is 1.83. The molecule has 2 aromatic rings. The number of sulfone groups is 1. The summed E-state index contributed by atoms with van der Waals surface area (Å²) in [7, 11) is -3.25. The Kier molecular flexibility index (Phi) is 5.12. The molecule has 0 N–H and O–H groups in total. The standard InChI is InChI=1S/C18H18O2S/c1-16(12-13-17-8-4-2-5-9-17)14-15-21(19,20)18-10-6-3-7-11-18/h2-14H,15H2,1H3/b13-12+,16-14+. The van der Waals surface area contributed by atoms with E-state index in [2.05, 4.69) is 0 Å². The maximum atomic E-state index is 12.1. The van der Waals surface area contributed by atoms with Gasteiger partial charge in [-0.05, 0) is 24.6 Å². The van der Waals surface area contributed by atoms with Gasteiger partial charge in [-0.15, -0.1) is 0 Å². The number of hydrogen-bond acceptors (Lipinski definition) is 2. The summed E-state index contributed by atoms with van der Waals surface area (Å²) in [6.07, 6.45) is 5.64. The highest BCUT2D eigenvalue weighted by atomic mass is 32.2. The Morgan fingerprint density at radius 3 is 2.14 bits per heavy atom. The lowest BCUT2D eigenvalue weighted by Gasteiger charge is -2.01. The van der Waals surface area contributed by atoms with E-state index in [4.69, 9.17) is 0 Å². The summed E-state index contributed by atoms with van der Waals surface area (Å²) in [5, 5.41) is 0. The predicted molar refractivity (Wildman–Crippen MR) is 87.7 cm³/mol. The molecule has 0 aliphatic heterocycles. The summed E-state index contributed by atoms with van der Waals surface area (Å²) in [6.45, 7) is 1.90. The lowest BCUT2D eigenvalue weighted by molar-refractivity contribution is 0.599. The highest BCUT2D eigenvalue weighted by molar-refractivity contribution is 7.91. The molecule has 0 unspecified atom stereocenters. The van der Waals surface area contributed by atoms with Crippen molar-refractivity contribution < 1.29 is 8.42 Å². The molecule has 21 heavy (non-hydrogen) atoms. The quantitative estimate of drug-likeness (QED) is 0.778. The first-order chi connectivity index (χ1) is 10.1. The molecule has 0 atom stereocenters. The number of rotatable bonds is 5. The van der Waals surface area contributed by atoms with Crippen LogP contribution in [0.15, 0.2) is 83.3 Å². The minimum Gasteiger partial charge on any atom is -0.223 e. The third kappa shape index (κ3) is 4.72. The highest BCUT2D eigenvalue weighted by Gasteiger charge is 2.11. The van der Waals surface area contributed by atoms with E-state index in [1.54, 1.807) is 30.3 Å². The second-order valence-electron chi connectivity index (χ2n) is 4.79. The van der Waals surface area contributed by atoms with E-state index in [1.807, 2.05) is 55.5 Å². The van der Waals surface area contributed by atoms with Crippen molar-refractivity contribution in [1.29, 1.82) is 0 Å². The summed E-state index contributed by atoms with van der Waals surface area (Å²) >= 11 is 0. The molecular formula is C18H18O2S. The van der Waals surface area contributed by atoms with E-state index < -0.39 is 9.84 Å². The first-order valence-electron chi connectivity index (χ1n) is 6.76. The molecule has 0 saturated carbocycles. The Bertz CT molecular complexity index is 727. The van der Waals surface area contributed by atoms with Crippen molar-refractivity contribution in [1.82, 2.24) is 0 Å². The van der Waals surface area contributed by atoms with Crippen LogP contribution >= 0.6 is 0 Å². The largest absolute Gasteiger partial charge is 0.223 e. The minimum atomic E-state index is -3.25. The van der Waals surface area contributed by atoms with Gasteiger partial charge in [0.05, 0.1) is 10.6 Å². The number of allylic oxidation sites excluding steroid dienone is 2. The molecule has 0 aliphatic carbocycles. The molecule has 2 aromatic carbocycles. The summed E-state index contributed by atoms with van der Waals surface area (Å²) in [5.74, 6) is 0.0158. The van der Waals surface area contributed by atoms with Gasteiger partial charge in [-0.3, -0.25) is 0 Å². The van der Waals surface area contributed by atoms with Crippen molar-refractivity contribution >= 4 is 15.9 Å². The molecule has 0 saturated heterocycles. The second kappa shape index (κ2) is 7.04. The molecule has 0 amide bonds. The summed E-state index contributed by atoms with van der Waals surface area (Å²) in [6, 6.07) is 18.4. The van der Waals surface area contributed by atoms with Crippen LogP contribution in [-0.4, -0.2) is 14.2 Å². The summed E-state index contributed by atoms with van der Waals surface area (Å²) in [5.41, 5.74) is 2.02. The molecule has 108 valence electrons. The Morgan fingerprint density at radius 2 is 1.52 bits per heavy atom. The summed E-state index contributed by atoms with van der Waals surface area (Å²) in [4.78, 5) is 0.362. The van der Waals surface area contributed by atoms with Gasteiger partial charge in [0, 0.05) is 0 Å². The third-order valence-electron chi connectivity index (χ3n) is 3.07. The van der Waals surface area contributed by atoms with Gasteiger partial charge < -0.3 is 0 Å². The Morgan fingerprint density at radius 1 is 0.952 bits per heavy atom. The SMILES string of the molecule is CC(/C=C/c1ccccc1)=C\CS(=O)(=O)c1ccccc1. The Balaban J connectivity index is 2.05. The van der Waals surface area contributed by atoms with Crippen molar-refractivity contribution in [2.75, 3.05) is 5.75 Å². The number of hydrogen-bond donors (Lipinski definition) is 0. The predicted octanol–water partition coefficient (Wildman–Crippen LogP) is 4.12. The van der Waals surface area contributed by atoms with Crippen LogP contribution in [-0.2, 0) is 9.84 Å². The van der Waals surface area contributed by atoms with Gasteiger partial charge in [0.1, 0.15) is 0 Å². The lowest BCUT2D eigenvalue weighted by atomic mass is 10.2. The molecule has 0 aromatic heterocycles. The highest BCUT2D eigenvalue weighted by Crippen LogP contribution is 2.12. The molecule has 2 rings (SSSR count). The zero-order chi connectivity index (χ0) is 15.1. The van der Waals surface area contributed by atoms with Crippen molar-refractivity contribution in [2.45, 2.75) is 11.8 Å². The molecule has 0 bridgehead atoms. The van der Waals surface area contributed by atoms with E-state index in [0.29, 0.717) is 4.90 Å². The Labute approximate surface area is 126 Å².